The van der Waals surface area contributed by atoms with Crippen molar-refractivity contribution >= 4 is 58.3 Å². The Morgan fingerprint density at radius 1 is 1.17 bits per heavy atom. The van der Waals surface area contributed by atoms with Crippen LogP contribution in [0.1, 0.15) is 42.0 Å². The molecule has 0 saturated carbocycles. The quantitative estimate of drug-likeness (QED) is 0.346. The summed E-state index contributed by atoms with van der Waals surface area (Å²) >= 11 is 5.55. The van der Waals surface area contributed by atoms with Gasteiger partial charge >= 0.3 is 5.97 Å². The van der Waals surface area contributed by atoms with Crippen molar-refractivity contribution in [1.29, 1.82) is 0 Å². The van der Waals surface area contributed by atoms with E-state index in [9.17, 15) is 4.79 Å². The average molecular weight is 350 g/mol. The van der Waals surface area contributed by atoms with Gasteiger partial charge in [-0.3, -0.25) is 4.79 Å². The number of nitrogen functional groups attached to an aromatic ring is 1. The second kappa shape index (κ2) is 9.94. The number of nitrogens with two attached hydrogens (primary N) is 1. The number of rotatable bonds is 7. The molecule has 0 saturated heterocycles. The van der Waals surface area contributed by atoms with Crippen LogP contribution in [0.2, 0.25) is 0 Å². The van der Waals surface area contributed by atoms with Crippen LogP contribution < -0.4 is 5.73 Å². The fraction of sp³-hybridized carbons (Fsp3) is 0.263. The third-order valence-corrected chi connectivity index (χ3v) is 4.27. The maximum absolute atomic E-state index is 10.9. The number of hydrogen-bond donors (Lipinski definition) is 2. The van der Waals surface area contributed by atoms with Gasteiger partial charge < -0.3 is 10.8 Å². The van der Waals surface area contributed by atoms with E-state index in [-0.39, 0.29) is 36.0 Å². The van der Waals surface area contributed by atoms with Crippen molar-refractivity contribution in [3.63, 3.8) is 0 Å². The van der Waals surface area contributed by atoms with Gasteiger partial charge in [-0.1, -0.05) is 68.0 Å². The van der Waals surface area contributed by atoms with Crippen LogP contribution in [0.3, 0.4) is 0 Å². The molecule has 0 unspecified atom stereocenters. The first-order valence-corrected chi connectivity index (χ1v) is 8.16. The van der Waals surface area contributed by atoms with E-state index in [0.29, 0.717) is 16.1 Å². The van der Waals surface area contributed by atoms with Crippen molar-refractivity contribution in [2.75, 3.05) is 5.73 Å². The summed E-state index contributed by atoms with van der Waals surface area (Å²) in [4.78, 5) is 11.6. The molecule has 0 bridgehead atoms. The molecular weight excluding hydrogens is 329 g/mol. The zero-order valence-electron chi connectivity index (χ0n) is 14.2. The Balaban J connectivity index is 0.00000288. The minimum absolute atomic E-state index is 0. The predicted octanol–water partition coefficient (Wildman–Crippen LogP) is 3.62. The molecule has 0 fully saturated rings. The second-order valence-corrected chi connectivity index (χ2v) is 5.99. The maximum atomic E-state index is 10.9. The molecule has 0 spiro atoms. The number of benzene rings is 2. The minimum atomic E-state index is -0.903. The normalized spacial score (nSPS) is 10.0. The first-order valence-electron chi connectivity index (χ1n) is 7.75. The molecule has 0 amide bonds. The van der Waals surface area contributed by atoms with Crippen LogP contribution in [-0.2, 0) is 17.6 Å². The number of anilines is 1. The molecule has 3 nitrogen and oxygen atoms in total. The molecule has 2 aromatic rings. The monoisotopic (exact) mass is 350 g/mol. The molecule has 1 radical (unpaired) electrons. The van der Waals surface area contributed by atoms with Crippen LogP contribution >= 0.6 is 12.2 Å². The molecule has 3 N–H and O–H groups in total. The first kappa shape index (κ1) is 20.8. The Hall–Kier alpha value is -1.20. The Morgan fingerprint density at radius 3 is 2.42 bits per heavy atom. The summed E-state index contributed by atoms with van der Waals surface area (Å²) in [5.41, 5.74) is 10.1. The van der Waals surface area contributed by atoms with Gasteiger partial charge in [0.05, 0.1) is 11.3 Å². The molecule has 0 atom stereocenters. The van der Waals surface area contributed by atoms with Crippen LogP contribution in [0.25, 0.3) is 0 Å². The van der Waals surface area contributed by atoms with Crippen LogP contribution in [0.15, 0.2) is 42.5 Å². The Bertz CT molecular complexity index is 714. The van der Waals surface area contributed by atoms with Gasteiger partial charge in [0.25, 0.3) is 0 Å². The standard InChI is InChI=1S/C19H21NO2S.Na/c1-2-3-5-13-8-10-14(11-9-13)19(23)16-7-4-6-15(18(16)20)12-17(21)22;/h4,6-11H,2-3,5,12,20H2,1H3,(H,21,22);. The van der Waals surface area contributed by atoms with Gasteiger partial charge in [-0.2, -0.15) is 0 Å². The summed E-state index contributed by atoms with van der Waals surface area (Å²) in [6.45, 7) is 2.18. The van der Waals surface area contributed by atoms with Crippen molar-refractivity contribution in [1.82, 2.24) is 0 Å². The average Bonchev–Trinajstić information content (AvgIpc) is 2.54. The number of carboxylic acids is 1. The second-order valence-electron chi connectivity index (χ2n) is 5.58. The fourth-order valence-corrected chi connectivity index (χ4v) is 2.80. The van der Waals surface area contributed by atoms with E-state index in [1.165, 1.54) is 18.4 Å². The Kier molecular flexibility index (Phi) is 8.63. The zero-order chi connectivity index (χ0) is 16.8. The van der Waals surface area contributed by atoms with E-state index in [4.69, 9.17) is 23.1 Å². The minimum Gasteiger partial charge on any atom is -0.481 e. The molecule has 0 aliphatic carbocycles. The first-order chi connectivity index (χ1) is 11.0. The predicted molar refractivity (Wildman–Crippen MR) is 104 cm³/mol. The van der Waals surface area contributed by atoms with Gasteiger partial charge in [0.1, 0.15) is 0 Å². The van der Waals surface area contributed by atoms with Crippen LogP contribution in [0.5, 0.6) is 0 Å². The molecule has 2 aromatic carbocycles. The van der Waals surface area contributed by atoms with Gasteiger partial charge in [-0.15, -0.1) is 0 Å². The third-order valence-electron chi connectivity index (χ3n) is 3.82. The summed E-state index contributed by atoms with van der Waals surface area (Å²) in [5, 5.41) is 8.95. The van der Waals surface area contributed by atoms with Gasteiger partial charge in [-0.25, -0.2) is 0 Å². The van der Waals surface area contributed by atoms with Gasteiger partial charge in [0.15, 0.2) is 0 Å². The van der Waals surface area contributed by atoms with E-state index >= 15 is 0 Å². The maximum Gasteiger partial charge on any atom is 0.307 e. The van der Waals surface area contributed by atoms with Crippen molar-refractivity contribution in [2.24, 2.45) is 0 Å². The van der Waals surface area contributed by atoms with E-state index in [2.05, 4.69) is 19.1 Å². The molecule has 2 rings (SSSR count). The molecule has 0 aromatic heterocycles. The number of aliphatic carboxylic acids is 1. The molecular formula is C19H21NNaO2S. The van der Waals surface area contributed by atoms with Crippen LogP contribution in [0.4, 0.5) is 5.69 Å². The molecule has 0 aliphatic heterocycles. The molecule has 0 heterocycles. The Morgan fingerprint density at radius 2 is 1.83 bits per heavy atom. The summed E-state index contributed by atoms with van der Waals surface area (Å²) in [7, 11) is 0. The summed E-state index contributed by atoms with van der Waals surface area (Å²) in [5.74, 6) is -0.903. The van der Waals surface area contributed by atoms with E-state index in [0.717, 1.165) is 17.5 Å². The fourth-order valence-electron chi connectivity index (χ4n) is 2.49. The number of unbranched alkanes of at least 4 members (excludes halogenated alkanes) is 1. The SMILES string of the molecule is CCCCc1ccc(C(=S)c2cccc(CC(=O)O)c2N)cc1.[Na]. The van der Waals surface area contributed by atoms with Crippen molar-refractivity contribution in [3.8, 4) is 0 Å². The van der Waals surface area contributed by atoms with Crippen LogP contribution in [-0.4, -0.2) is 45.5 Å². The zero-order valence-corrected chi connectivity index (χ0v) is 17.0. The smallest absolute Gasteiger partial charge is 0.307 e. The topological polar surface area (TPSA) is 63.3 Å². The largest absolute Gasteiger partial charge is 0.481 e. The summed E-state index contributed by atoms with van der Waals surface area (Å²) < 4.78 is 0. The van der Waals surface area contributed by atoms with Gasteiger partial charge in [0.2, 0.25) is 0 Å². The number of carbonyl (C=O) groups is 1. The van der Waals surface area contributed by atoms with Crippen molar-refractivity contribution in [3.05, 3.63) is 64.7 Å². The third kappa shape index (κ3) is 5.42. The van der Waals surface area contributed by atoms with Gasteiger partial charge in [-0.05, 0) is 29.5 Å². The van der Waals surface area contributed by atoms with E-state index < -0.39 is 5.97 Å². The van der Waals surface area contributed by atoms with Gasteiger partial charge in [0, 0.05) is 40.8 Å². The number of para-hydroxylation sites is 1. The Labute approximate surface area is 170 Å². The molecule has 24 heavy (non-hydrogen) atoms. The number of carboxylic acid groups (broad SMARTS) is 1. The molecule has 121 valence electrons. The van der Waals surface area contributed by atoms with Crippen molar-refractivity contribution < 1.29 is 9.90 Å². The summed E-state index contributed by atoms with van der Waals surface area (Å²) in [6.07, 6.45) is 3.32. The van der Waals surface area contributed by atoms with Crippen molar-refractivity contribution in [2.45, 2.75) is 32.6 Å². The molecule has 5 heteroatoms. The van der Waals surface area contributed by atoms with E-state index in [1.807, 2.05) is 18.2 Å². The summed E-state index contributed by atoms with van der Waals surface area (Å²) in [6, 6.07) is 13.6. The number of hydrogen-bond acceptors (Lipinski definition) is 3. The molecule has 0 aliphatic rings. The van der Waals surface area contributed by atoms with Crippen LogP contribution in [0, 0.1) is 0 Å². The number of aryl methyl sites for hydroxylation is 1. The van der Waals surface area contributed by atoms with E-state index in [1.54, 1.807) is 12.1 Å². The number of thiocarbonyl (C=S) groups is 1.